The van der Waals surface area contributed by atoms with Gasteiger partial charge in [0.15, 0.2) is 10.9 Å². The Labute approximate surface area is 157 Å². The maximum absolute atomic E-state index is 12.5. The summed E-state index contributed by atoms with van der Waals surface area (Å²) in [6, 6.07) is 26.2. The number of thiocarbonyl (C=S) groups is 1. The molecule has 5 heteroatoms. The Morgan fingerprint density at radius 1 is 0.731 bits per heavy atom. The molecule has 0 atom stereocenters. The van der Waals surface area contributed by atoms with Crippen LogP contribution in [0.25, 0.3) is 0 Å². The standard InChI is InChI=1S/C21H17N3OS/c22-21(26)24-23-19(15-7-3-1-4-8-15)16-11-13-18(14-12-16)20(25)17-9-5-2-6-10-17/h1-14H,(H3,22,24,26)/b23-19-. The molecule has 128 valence electrons. The van der Waals surface area contributed by atoms with E-state index in [0.717, 1.165) is 11.1 Å². The summed E-state index contributed by atoms with van der Waals surface area (Å²) in [4.78, 5) is 12.5. The Bertz CT molecular complexity index is 936. The summed E-state index contributed by atoms with van der Waals surface area (Å²) in [6.45, 7) is 0. The highest BCUT2D eigenvalue weighted by atomic mass is 32.1. The Hall–Kier alpha value is -3.31. The first-order valence-corrected chi connectivity index (χ1v) is 8.45. The fourth-order valence-electron chi connectivity index (χ4n) is 2.54. The number of rotatable bonds is 5. The van der Waals surface area contributed by atoms with Crippen molar-refractivity contribution in [3.05, 3.63) is 107 Å². The van der Waals surface area contributed by atoms with Gasteiger partial charge < -0.3 is 5.73 Å². The normalized spacial score (nSPS) is 11.0. The van der Waals surface area contributed by atoms with Gasteiger partial charge in [-0.15, -0.1) is 0 Å². The molecular weight excluding hydrogens is 342 g/mol. The number of hydrogen-bond acceptors (Lipinski definition) is 3. The number of benzene rings is 3. The van der Waals surface area contributed by atoms with Gasteiger partial charge in [0.1, 0.15) is 0 Å². The lowest BCUT2D eigenvalue weighted by Gasteiger charge is -2.09. The second-order valence-electron chi connectivity index (χ2n) is 5.57. The molecule has 0 aliphatic rings. The highest BCUT2D eigenvalue weighted by Gasteiger charge is 2.11. The summed E-state index contributed by atoms with van der Waals surface area (Å²) in [7, 11) is 0. The van der Waals surface area contributed by atoms with E-state index in [4.69, 9.17) is 18.0 Å². The van der Waals surface area contributed by atoms with Crippen LogP contribution in [0.2, 0.25) is 0 Å². The molecule has 0 aliphatic carbocycles. The topological polar surface area (TPSA) is 67.5 Å². The number of nitrogens with two attached hydrogens (primary N) is 1. The lowest BCUT2D eigenvalue weighted by atomic mass is 9.98. The van der Waals surface area contributed by atoms with Crippen LogP contribution in [0.3, 0.4) is 0 Å². The molecular formula is C21H17N3OS. The zero-order chi connectivity index (χ0) is 18.4. The van der Waals surface area contributed by atoms with Crippen LogP contribution in [0.1, 0.15) is 27.0 Å². The minimum atomic E-state index is -0.0170. The van der Waals surface area contributed by atoms with E-state index in [9.17, 15) is 4.79 Å². The predicted octanol–water partition coefficient (Wildman–Crippen LogP) is 3.50. The zero-order valence-electron chi connectivity index (χ0n) is 13.9. The van der Waals surface area contributed by atoms with Crippen molar-refractivity contribution in [2.75, 3.05) is 0 Å². The van der Waals surface area contributed by atoms with Crippen molar-refractivity contribution in [3.8, 4) is 0 Å². The second-order valence-corrected chi connectivity index (χ2v) is 6.01. The lowest BCUT2D eigenvalue weighted by molar-refractivity contribution is 0.103. The van der Waals surface area contributed by atoms with Crippen LogP contribution in [0, 0.1) is 0 Å². The van der Waals surface area contributed by atoms with Crippen LogP contribution in [-0.4, -0.2) is 16.6 Å². The molecule has 0 aliphatic heterocycles. The molecule has 0 bridgehead atoms. The van der Waals surface area contributed by atoms with Crippen molar-refractivity contribution >= 4 is 28.8 Å². The van der Waals surface area contributed by atoms with Gasteiger partial charge in [0.05, 0.1) is 5.71 Å². The fraction of sp³-hybridized carbons (Fsp3) is 0. The van der Waals surface area contributed by atoms with Gasteiger partial charge in [0.2, 0.25) is 0 Å². The molecule has 0 unspecified atom stereocenters. The third-order valence-electron chi connectivity index (χ3n) is 3.78. The molecule has 0 aromatic heterocycles. The summed E-state index contributed by atoms with van der Waals surface area (Å²) >= 11 is 4.84. The SMILES string of the molecule is NC(=S)N/N=C(/c1ccccc1)c1ccc(C(=O)c2ccccc2)cc1. The fourth-order valence-corrected chi connectivity index (χ4v) is 2.58. The molecule has 3 rings (SSSR count). The summed E-state index contributed by atoms with van der Waals surface area (Å²) < 4.78 is 0. The molecule has 3 aromatic rings. The summed E-state index contributed by atoms with van der Waals surface area (Å²) in [5.41, 5.74) is 11.9. The van der Waals surface area contributed by atoms with Gasteiger partial charge in [0.25, 0.3) is 0 Å². The van der Waals surface area contributed by atoms with Crippen molar-refractivity contribution in [1.82, 2.24) is 5.43 Å². The van der Waals surface area contributed by atoms with Crippen molar-refractivity contribution in [1.29, 1.82) is 0 Å². The van der Waals surface area contributed by atoms with Gasteiger partial charge >= 0.3 is 0 Å². The van der Waals surface area contributed by atoms with E-state index < -0.39 is 0 Å². The van der Waals surface area contributed by atoms with E-state index in [-0.39, 0.29) is 10.9 Å². The van der Waals surface area contributed by atoms with Crippen LogP contribution in [0.15, 0.2) is 90.0 Å². The molecule has 26 heavy (non-hydrogen) atoms. The third-order valence-corrected chi connectivity index (χ3v) is 3.87. The van der Waals surface area contributed by atoms with Crippen molar-refractivity contribution in [2.24, 2.45) is 10.8 Å². The first kappa shape index (κ1) is 17.5. The van der Waals surface area contributed by atoms with Gasteiger partial charge in [-0.2, -0.15) is 5.10 Å². The molecule has 3 aromatic carbocycles. The summed E-state index contributed by atoms with van der Waals surface area (Å²) in [6.07, 6.45) is 0. The molecule has 4 nitrogen and oxygen atoms in total. The number of carbonyl (C=O) groups is 1. The average molecular weight is 359 g/mol. The molecule has 0 amide bonds. The van der Waals surface area contributed by atoms with Crippen molar-refractivity contribution in [3.63, 3.8) is 0 Å². The molecule has 0 fully saturated rings. The lowest BCUT2D eigenvalue weighted by Crippen LogP contribution is -2.26. The highest BCUT2D eigenvalue weighted by Crippen LogP contribution is 2.15. The van der Waals surface area contributed by atoms with Crippen LogP contribution < -0.4 is 11.2 Å². The maximum atomic E-state index is 12.5. The Morgan fingerprint density at radius 3 is 1.69 bits per heavy atom. The molecule has 0 radical (unpaired) electrons. The van der Waals surface area contributed by atoms with Crippen LogP contribution >= 0.6 is 12.2 Å². The number of nitrogens with zero attached hydrogens (tertiary/aromatic N) is 1. The summed E-state index contributed by atoms with van der Waals surface area (Å²) in [5.74, 6) is -0.0170. The molecule has 0 saturated heterocycles. The van der Waals surface area contributed by atoms with Crippen molar-refractivity contribution < 1.29 is 4.79 Å². The number of nitrogens with one attached hydrogen (secondary N) is 1. The maximum Gasteiger partial charge on any atom is 0.193 e. The minimum Gasteiger partial charge on any atom is -0.375 e. The summed E-state index contributed by atoms with van der Waals surface area (Å²) in [5, 5.41) is 4.40. The van der Waals surface area contributed by atoms with Gasteiger partial charge in [-0.05, 0) is 12.2 Å². The predicted molar refractivity (Wildman–Crippen MR) is 108 cm³/mol. The minimum absolute atomic E-state index is 0.0170. The van der Waals surface area contributed by atoms with Gasteiger partial charge in [0, 0.05) is 22.3 Å². The largest absolute Gasteiger partial charge is 0.375 e. The first-order chi connectivity index (χ1) is 12.6. The van der Waals surface area contributed by atoms with Gasteiger partial charge in [-0.1, -0.05) is 84.9 Å². The molecule has 0 saturated carbocycles. The van der Waals surface area contributed by atoms with E-state index in [2.05, 4.69) is 10.5 Å². The first-order valence-electron chi connectivity index (χ1n) is 8.04. The third kappa shape index (κ3) is 4.20. The van der Waals surface area contributed by atoms with Crippen LogP contribution in [-0.2, 0) is 0 Å². The molecule has 3 N–H and O–H groups in total. The highest BCUT2D eigenvalue weighted by molar-refractivity contribution is 7.80. The monoisotopic (exact) mass is 359 g/mol. The second kappa shape index (κ2) is 8.18. The Kier molecular flexibility index (Phi) is 5.51. The smallest absolute Gasteiger partial charge is 0.193 e. The number of hydrazone groups is 1. The average Bonchev–Trinajstić information content (AvgIpc) is 2.69. The Morgan fingerprint density at radius 2 is 1.15 bits per heavy atom. The van der Waals surface area contributed by atoms with E-state index >= 15 is 0 Å². The number of hydrogen-bond donors (Lipinski definition) is 2. The molecule has 0 heterocycles. The number of carbonyl (C=O) groups excluding carboxylic acids is 1. The van der Waals surface area contributed by atoms with Gasteiger partial charge in [-0.3, -0.25) is 10.2 Å². The van der Waals surface area contributed by atoms with Gasteiger partial charge in [-0.25, -0.2) is 0 Å². The van der Waals surface area contributed by atoms with E-state index in [1.54, 1.807) is 24.3 Å². The van der Waals surface area contributed by atoms with E-state index in [1.165, 1.54) is 0 Å². The quantitative estimate of drug-likeness (QED) is 0.317. The Balaban J connectivity index is 1.92. The van der Waals surface area contributed by atoms with Crippen LogP contribution in [0.5, 0.6) is 0 Å². The number of ketones is 1. The van der Waals surface area contributed by atoms with E-state index in [1.807, 2.05) is 60.7 Å². The van der Waals surface area contributed by atoms with E-state index in [0.29, 0.717) is 16.8 Å². The van der Waals surface area contributed by atoms with Crippen LogP contribution in [0.4, 0.5) is 0 Å². The van der Waals surface area contributed by atoms with Crippen molar-refractivity contribution in [2.45, 2.75) is 0 Å². The molecule has 0 spiro atoms. The zero-order valence-corrected chi connectivity index (χ0v) is 14.7.